The smallest absolute Gasteiger partial charge is 0.274 e. The molecule has 1 atom stereocenters. The van der Waals surface area contributed by atoms with Crippen molar-refractivity contribution in [3.8, 4) is 5.75 Å². The van der Waals surface area contributed by atoms with Crippen LogP contribution >= 0.6 is 0 Å². The second kappa shape index (κ2) is 8.94. The standard InChI is InChI=1S/C24H30N4O4/c1-31-19-6-4-17(5-7-19)21-13-28-15-26-22(20(28)14-32-21)24(30)27-10-8-18(9-11-27)23(29)25-12-16-2-3-16/h4-7,15-16,18,21H,2-3,8-14H2,1H3,(H,25,29)/t21-/m1/s1. The Balaban J connectivity index is 1.18. The summed E-state index contributed by atoms with van der Waals surface area (Å²) in [6, 6.07) is 7.85. The van der Waals surface area contributed by atoms with E-state index in [9.17, 15) is 9.59 Å². The van der Waals surface area contributed by atoms with E-state index in [1.54, 1.807) is 13.4 Å². The molecule has 1 saturated carbocycles. The summed E-state index contributed by atoms with van der Waals surface area (Å²) in [6.45, 7) is 2.93. The Morgan fingerprint density at radius 1 is 1.16 bits per heavy atom. The molecule has 5 rings (SSSR count). The predicted octanol–water partition coefficient (Wildman–Crippen LogP) is 2.54. The molecule has 2 fully saturated rings. The molecule has 2 aliphatic heterocycles. The lowest BCUT2D eigenvalue weighted by atomic mass is 9.95. The lowest BCUT2D eigenvalue weighted by Crippen LogP contribution is -2.43. The van der Waals surface area contributed by atoms with Crippen LogP contribution in [-0.4, -0.2) is 53.0 Å². The summed E-state index contributed by atoms with van der Waals surface area (Å²) in [4.78, 5) is 31.7. The Bertz CT molecular complexity index is 974. The summed E-state index contributed by atoms with van der Waals surface area (Å²) in [5.74, 6) is 1.56. The summed E-state index contributed by atoms with van der Waals surface area (Å²) in [5, 5.41) is 3.07. The van der Waals surface area contributed by atoms with Crippen LogP contribution in [0.3, 0.4) is 0 Å². The van der Waals surface area contributed by atoms with Gasteiger partial charge in [-0.15, -0.1) is 0 Å². The minimum absolute atomic E-state index is 0.00213. The lowest BCUT2D eigenvalue weighted by Gasteiger charge is -2.31. The van der Waals surface area contributed by atoms with Crippen LogP contribution in [0.15, 0.2) is 30.6 Å². The third-order valence-electron chi connectivity index (χ3n) is 6.84. The number of piperidine rings is 1. The van der Waals surface area contributed by atoms with Crippen LogP contribution < -0.4 is 10.1 Å². The number of rotatable bonds is 6. The minimum atomic E-state index is -0.0875. The average molecular weight is 439 g/mol. The molecule has 3 aliphatic rings. The zero-order valence-corrected chi connectivity index (χ0v) is 18.5. The van der Waals surface area contributed by atoms with E-state index in [2.05, 4.69) is 10.3 Å². The summed E-state index contributed by atoms with van der Waals surface area (Å²) in [7, 11) is 1.65. The first-order valence-electron chi connectivity index (χ1n) is 11.5. The summed E-state index contributed by atoms with van der Waals surface area (Å²) in [6.07, 6.45) is 5.51. The van der Waals surface area contributed by atoms with Gasteiger partial charge in [-0.25, -0.2) is 4.98 Å². The lowest BCUT2D eigenvalue weighted by molar-refractivity contribution is -0.126. The maximum absolute atomic E-state index is 13.1. The Morgan fingerprint density at radius 2 is 1.91 bits per heavy atom. The predicted molar refractivity (Wildman–Crippen MR) is 117 cm³/mol. The van der Waals surface area contributed by atoms with E-state index in [0.29, 0.717) is 50.7 Å². The maximum atomic E-state index is 13.1. The Morgan fingerprint density at radius 3 is 2.59 bits per heavy atom. The van der Waals surface area contributed by atoms with Crippen LogP contribution in [0.4, 0.5) is 0 Å². The van der Waals surface area contributed by atoms with Crippen molar-refractivity contribution in [2.45, 2.75) is 44.9 Å². The number of methoxy groups -OCH3 is 1. The molecule has 0 bridgehead atoms. The van der Waals surface area contributed by atoms with Crippen molar-refractivity contribution < 1.29 is 19.1 Å². The summed E-state index contributed by atoms with van der Waals surface area (Å²) < 4.78 is 13.3. The number of likely N-dealkylation sites (tertiary alicyclic amines) is 1. The molecule has 1 aliphatic carbocycles. The van der Waals surface area contributed by atoms with E-state index < -0.39 is 0 Å². The Kier molecular flexibility index (Phi) is 5.87. The Hall–Kier alpha value is -2.87. The molecule has 0 radical (unpaired) electrons. The quantitative estimate of drug-likeness (QED) is 0.749. The van der Waals surface area contributed by atoms with Crippen molar-refractivity contribution in [1.82, 2.24) is 19.8 Å². The van der Waals surface area contributed by atoms with E-state index in [1.165, 1.54) is 12.8 Å². The van der Waals surface area contributed by atoms with Gasteiger partial charge in [0.2, 0.25) is 5.91 Å². The molecule has 0 spiro atoms. The van der Waals surface area contributed by atoms with Gasteiger partial charge in [-0.1, -0.05) is 12.1 Å². The van der Waals surface area contributed by atoms with Gasteiger partial charge in [0.25, 0.3) is 5.91 Å². The number of imidazole rings is 1. The third kappa shape index (κ3) is 4.37. The summed E-state index contributed by atoms with van der Waals surface area (Å²) >= 11 is 0. The first-order valence-corrected chi connectivity index (χ1v) is 11.5. The van der Waals surface area contributed by atoms with Crippen molar-refractivity contribution >= 4 is 11.8 Å². The van der Waals surface area contributed by atoms with Crippen molar-refractivity contribution in [1.29, 1.82) is 0 Å². The van der Waals surface area contributed by atoms with E-state index in [4.69, 9.17) is 9.47 Å². The number of carbonyl (C=O) groups is 2. The molecule has 170 valence electrons. The highest BCUT2D eigenvalue weighted by molar-refractivity contribution is 5.93. The van der Waals surface area contributed by atoms with Crippen molar-refractivity contribution in [2.24, 2.45) is 11.8 Å². The number of ether oxygens (including phenoxy) is 2. The van der Waals surface area contributed by atoms with Crippen molar-refractivity contribution in [3.63, 3.8) is 0 Å². The van der Waals surface area contributed by atoms with E-state index in [-0.39, 0.29) is 23.8 Å². The van der Waals surface area contributed by atoms with Gasteiger partial charge in [-0.05, 0) is 49.3 Å². The molecule has 1 N–H and O–H groups in total. The number of hydrogen-bond donors (Lipinski definition) is 1. The van der Waals surface area contributed by atoms with Gasteiger partial charge in [0.1, 0.15) is 11.9 Å². The molecule has 3 heterocycles. The minimum Gasteiger partial charge on any atom is -0.497 e. The molecule has 8 heteroatoms. The monoisotopic (exact) mass is 438 g/mol. The zero-order valence-electron chi connectivity index (χ0n) is 18.5. The number of fused-ring (bicyclic) bond motifs is 1. The van der Waals surface area contributed by atoms with Crippen LogP contribution in [0.5, 0.6) is 5.75 Å². The molecule has 1 aromatic carbocycles. The second-order valence-electron chi connectivity index (χ2n) is 9.02. The average Bonchev–Trinajstić information content (AvgIpc) is 3.59. The number of nitrogens with zero attached hydrogens (tertiary/aromatic N) is 3. The molecule has 32 heavy (non-hydrogen) atoms. The van der Waals surface area contributed by atoms with Gasteiger partial charge in [0.15, 0.2) is 5.69 Å². The van der Waals surface area contributed by atoms with E-state index in [0.717, 1.165) is 23.6 Å². The highest BCUT2D eigenvalue weighted by atomic mass is 16.5. The van der Waals surface area contributed by atoms with Crippen molar-refractivity contribution in [2.75, 3.05) is 26.7 Å². The highest BCUT2D eigenvalue weighted by Gasteiger charge is 2.32. The molecule has 0 unspecified atom stereocenters. The number of benzene rings is 1. The first-order chi connectivity index (χ1) is 15.6. The van der Waals surface area contributed by atoms with Gasteiger partial charge < -0.3 is 24.3 Å². The second-order valence-corrected chi connectivity index (χ2v) is 9.02. The fourth-order valence-corrected chi connectivity index (χ4v) is 4.53. The van der Waals surface area contributed by atoms with Crippen molar-refractivity contribution in [3.05, 3.63) is 47.5 Å². The van der Waals surface area contributed by atoms with Crippen LogP contribution in [0.2, 0.25) is 0 Å². The number of hydrogen-bond acceptors (Lipinski definition) is 5. The van der Waals surface area contributed by atoms with Gasteiger partial charge in [-0.2, -0.15) is 0 Å². The van der Waals surface area contributed by atoms with Gasteiger partial charge in [0, 0.05) is 25.6 Å². The molecule has 1 saturated heterocycles. The molecule has 2 aromatic rings. The highest BCUT2D eigenvalue weighted by Crippen LogP contribution is 2.30. The molecule has 8 nitrogen and oxygen atoms in total. The topological polar surface area (TPSA) is 85.7 Å². The third-order valence-corrected chi connectivity index (χ3v) is 6.84. The fourth-order valence-electron chi connectivity index (χ4n) is 4.53. The van der Waals surface area contributed by atoms with Gasteiger partial charge in [-0.3, -0.25) is 9.59 Å². The van der Waals surface area contributed by atoms with Crippen LogP contribution in [-0.2, 0) is 22.7 Å². The zero-order chi connectivity index (χ0) is 22.1. The molecule has 1 aromatic heterocycles. The number of aromatic nitrogens is 2. The largest absolute Gasteiger partial charge is 0.497 e. The number of nitrogens with one attached hydrogen (secondary N) is 1. The SMILES string of the molecule is COc1ccc([C@H]2Cn3cnc(C(=O)N4CCC(C(=O)NCC5CC5)CC4)c3CO2)cc1. The summed E-state index contributed by atoms with van der Waals surface area (Å²) in [5.41, 5.74) is 2.36. The van der Waals surface area contributed by atoms with Gasteiger partial charge >= 0.3 is 0 Å². The van der Waals surface area contributed by atoms with E-state index in [1.807, 2.05) is 33.7 Å². The normalized spacial score (nSPS) is 21.2. The molecular formula is C24H30N4O4. The first kappa shape index (κ1) is 21.0. The van der Waals surface area contributed by atoms with Gasteiger partial charge in [0.05, 0.1) is 32.3 Å². The van der Waals surface area contributed by atoms with Crippen LogP contribution in [0, 0.1) is 11.8 Å². The number of amides is 2. The fraction of sp³-hybridized carbons (Fsp3) is 0.542. The van der Waals surface area contributed by atoms with Crippen LogP contribution in [0.1, 0.15) is 53.5 Å². The number of carbonyl (C=O) groups excluding carboxylic acids is 2. The molecule has 2 amide bonds. The van der Waals surface area contributed by atoms with Crippen LogP contribution in [0.25, 0.3) is 0 Å². The maximum Gasteiger partial charge on any atom is 0.274 e. The molecular weight excluding hydrogens is 408 g/mol. The van der Waals surface area contributed by atoms with E-state index >= 15 is 0 Å². The Labute approximate surface area is 187 Å².